The van der Waals surface area contributed by atoms with Crippen LogP contribution in [0.3, 0.4) is 0 Å². The molecule has 0 spiro atoms. The van der Waals surface area contributed by atoms with Crippen LogP contribution in [0.2, 0.25) is 10.0 Å². The SMILES string of the molecule is NC(=O)c1cccc2c1c1ccccc1n2Cc1c(Cl)cccc1Cl. The maximum atomic E-state index is 11.9. The van der Waals surface area contributed by atoms with E-state index in [0.29, 0.717) is 22.2 Å². The van der Waals surface area contributed by atoms with E-state index in [-0.39, 0.29) is 0 Å². The fourth-order valence-corrected chi connectivity index (χ4v) is 3.83. The van der Waals surface area contributed by atoms with E-state index in [9.17, 15) is 4.79 Å². The number of rotatable bonds is 3. The second-order valence-electron chi connectivity index (χ2n) is 5.87. The molecule has 124 valence electrons. The molecule has 3 aromatic carbocycles. The number of hydrogen-bond donors (Lipinski definition) is 1. The predicted octanol–water partition coefficient (Wildman–Crippen LogP) is 5.25. The molecule has 0 aliphatic heterocycles. The van der Waals surface area contributed by atoms with E-state index in [1.807, 2.05) is 54.6 Å². The first-order valence-electron chi connectivity index (χ1n) is 7.80. The first-order chi connectivity index (χ1) is 12.1. The molecule has 1 aromatic heterocycles. The van der Waals surface area contributed by atoms with Crippen LogP contribution in [0.1, 0.15) is 15.9 Å². The molecule has 3 nitrogen and oxygen atoms in total. The van der Waals surface area contributed by atoms with Gasteiger partial charge in [-0.2, -0.15) is 0 Å². The van der Waals surface area contributed by atoms with Crippen LogP contribution in [-0.2, 0) is 6.54 Å². The lowest BCUT2D eigenvalue weighted by atomic mass is 10.1. The van der Waals surface area contributed by atoms with Crippen molar-refractivity contribution in [2.75, 3.05) is 0 Å². The third-order valence-electron chi connectivity index (χ3n) is 4.44. The lowest BCUT2D eigenvalue weighted by Crippen LogP contribution is -2.11. The molecule has 0 aliphatic rings. The van der Waals surface area contributed by atoms with E-state index in [2.05, 4.69) is 4.57 Å². The molecule has 0 saturated carbocycles. The second-order valence-corrected chi connectivity index (χ2v) is 6.68. The Bertz CT molecular complexity index is 1110. The number of nitrogens with zero attached hydrogens (tertiary/aromatic N) is 1. The predicted molar refractivity (Wildman–Crippen MR) is 104 cm³/mol. The van der Waals surface area contributed by atoms with Crippen LogP contribution in [0.4, 0.5) is 0 Å². The van der Waals surface area contributed by atoms with Gasteiger partial charge in [-0.25, -0.2) is 0 Å². The number of primary amides is 1. The van der Waals surface area contributed by atoms with Crippen LogP contribution in [0, 0.1) is 0 Å². The van der Waals surface area contributed by atoms with E-state index in [0.717, 1.165) is 27.4 Å². The normalized spacial score (nSPS) is 11.3. The summed E-state index contributed by atoms with van der Waals surface area (Å²) in [4.78, 5) is 11.9. The minimum atomic E-state index is -0.440. The maximum absolute atomic E-state index is 11.9. The van der Waals surface area contributed by atoms with Gasteiger partial charge >= 0.3 is 0 Å². The average Bonchev–Trinajstić information content (AvgIpc) is 2.92. The fraction of sp³-hybridized carbons (Fsp3) is 0.0500. The third kappa shape index (κ3) is 2.56. The average molecular weight is 369 g/mol. The molecule has 0 unspecified atom stereocenters. The zero-order valence-electron chi connectivity index (χ0n) is 13.2. The lowest BCUT2D eigenvalue weighted by molar-refractivity contribution is 0.100. The Morgan fingerprint density at radius 2 is 1.52 bits per heavy atom. The molecule has 0 saturated heterocycles. The number of benzene rings is 3. The highest BCUT2D eigenvalue weighted by molar-refractivity contribution is 6.36. The quantitative estimate of drug-likeness (QED) is 0.527. The molecule has 5 heteroatoms. The zero-order chi connectivity index (χ0) is 17.6. The minimum absolute atomic E-state index is 0.440. The van der Waals surface area contributed by atoms with Crippen molar-refractivity contribution in [3.8, 4) is 0 Å². The first-order valence-corrected chi connectivity index (χ1v) is 8.56. The molecule has 0 fully saturated rings. The van der Waals surface area contributed by atoms with Crippen molar-refractivity contribution in [2.45, 2.75) is 6.54 Å². The van der Waals surface area contributed by atoms with Crippen molar-refractivity contribution in [3.05, 3.63) is 81.8 Å². The van der Waals surface area contributed by atoms with E-state index in [1.54, 1.807) is 6.07 Å². The van der Waals surface area contributed by atoms with E-state index in [1.165, 1.54) is 0 Å². The number of para-hydroxylation sites is 1. The molecule has 25 heavy (non-hydrogen) atoms. The summed E-state index contributed by atoms with van der Waals surface area (Å²) in [6.45, 7) is 0.505. The number of hydrogen-bond acceptors (Lipinski definition) is 1. The van der Waals surface area contributed by atoms with Crippen molar-refractivity contribution in [3.63, 3.8) is 0 Å². The van der Waals surface area contributed by atoms with Crippen molar-refractivity contribution < 1.29 is 4.79 Å². The smallest absolute Gasteiger partial charge is 0.249 e. The van der Waals surface area contributed by atoms with Gasteiger partial charge in [-0.05, 0) is 30.3 Å². The van der Waals surface area contributed by atoms with E-state index >= 15 is 0 Å². The molecule has 4 aromatic rings. The van der Waals surface area contributed by atoms with Gasteiger partial charge in [0, 0.05) is 37.5 Å². The standard InChI is InChI=1S/C20H14Cl2N2O/c21-15-7-4-8-16(22)14(15)11-24-17-9-2-1-5-12(17)19-13(20(23)25)6-3-10-18(19)24/h1-10H,11H2,(H2,23,25). The molecule has 0 atom stereocenters. The van der Waals surface area contributed by atoms with Gasteiger partial charge in [0.15, 0.2) is 0 Å². The lowest BCUT2D eigenvalue weighted by Gasteiger charge is -2.11. The molecular formula is C20H14Cl2N2O. The number of nitrogens with two attached hydrogens (primary N) is 1. The highest BCUT2D eigenvalue weighted by atomic mass is 35.5. The largest absolute Gasteiger partial charge is 0.366 e. The van der Waals surface area contributed by atoms with Gasteiger partial charge < -0.3 is 10.3 Å². The van der Waals surface area contributed by atoms with Crippen molar-refractivity contribution >= 4 is 50.9 Å². The Morgan fingerprint density at radius 3 is 2.24 bits per heavy atom. The van der Waals surface area contributed by atoms with Gasteiger partial charge in [-0.1, -0.05) is 53.5 Å². The summed E-state index contributed by atoms with van der Waals surface area (Å²) in [5, 5.41) is 3.07. The van der Waals surface area contributed by atoms with Crippen LogP contribution in [-0.4, -0.2) is 10.5 Å². The van der Waals surface area contributed by atoms with Crippen LogP contribution >= 0.6 is 23.2 Å². The molecule has 1 heterocycles. The van der Waals surface area contributed by atoms with E-state index < -0.39 is 5.91 Å². The monoisotopic (exact) mass is 368 g/mol. The van der Waals surface area contributed by atoms with Crippen LogP contribution in [0.25, 0.3) is 21.8 Å². The Balaban J connectivity index is 2.06. The Labute approximate surface area is 154 Å². The highest BCUT2D eigenvalue weighted by Gasteiger charge is 2.17. The Hall–Kier alpha value is -2.49. The first kappa shape index (κ1) is 16.0. The number of halogens is 2. The van der Waals surface area contributed by atoms with Crippen LogP contribution in [0.15, 0.2) is 60.7 Å². The van der Waals surface area contributed by atoms with Crippen molar-refractivity contribution in [1.82, 2.24) is 4.57 Å². The molecule has 1 amide bonds. The summed E-state index contributed by atoms with van der Waals surface area (Å²) in [6, 6.07) is 19.0. The van der Waals surface area contributed by atoms with Crippen molar-refractivity contribution in [2.24, 2.45) is 5.73 Å². The number of aromatic nitrogens is 1. The highest BCUT2D eigenvalue weighted by Crippen LogP contribution is 2.34. The topological polar surface area (TPSA) is 48.0 Å². The summed E-state index contributed by atoms with van der Waals surface area (Å²) in [7, 11) is 0. The second kappa shape index (κ2) is 6.10. The summed E-state index contributed by atoms with van der Waals surface area (Å²) in [5.74, 6) is -0.440. The van der Waals surface area contributed by atoms with Crippen LogP contribution < -0.4 is 5.73 Å². The van der Waals surface area contributed by atoms with Gasteiger partial charge in [-0.3, -0.25) is 4.79 Å². The minimum Gasteiger partial charge on any atom is -0.366 e. The zero-order valence-corrected chi connectivity index (χ0v) is 14.7. The Kier molecular flexibility index (Phi) is 3.91. The van der Waals surface area contributed by atoms with Gasteiger partial charge in [0.25, 0.3) is 0 Å². The number of carbonyl (C=O) groups excluding carboxylic acids is 1. The van der Waals surface area contributed by atoms with Gasteiger partial charge in [-0.15, -0.1) is 0 Å². The molecule has 4 rings (SSSR count). The number of carbonyl (C=O) groups is 1. The molecule has 0 radical (unpaired) electrons. The van der Waals surface area contributed by atoms with Gasteiger partial charge in [0.05, 0.1) is 12.1 Å². The summed E-state index contributed by atoms with van der Waals surface area (Å²) >= 11 is 12.7. The molecule has 0 aliphatic carbocycles. The molecule has 2 N–H and O–H groups in total. The van der Waals surface area contributed by atoms with Crippen LogP contribution in [0.5, 0.6) is 0 Å². The summed E-state index contributed by atoms with van der Waals surface area (Å²) in [6.07, 6.45) is 0. The molecule has 0 bridgehead atoms. The maximum Gasteiger partial charge on any atom is 0.249 e. The Morgan fingerprint density at radius 1 is 0.880 bits per heavy atom. The number of amides is 1. The fourth-order valence-electron chi connectivity index (χ4n) is 3.32. The van der Waals surface area contributed by atoms with Gasteiger partial charge in [0.1, 0.15) is 0 Å². The molecular weight excluding hydrogens is 355 g/mol. The third-order valence-corrected chi connectivity index (χ3v) is 5.15. The van der Waals surface area contributed by atoms with Gasteiger partial charge in [0.2, 0.25) is 5.91 Å². The van der Waals surface area contributed by atoms with Crippen molar-refractivity contribution in [1.29, 1.82) is 0 Å². The summed E-state index contributed by atoms with van der Waals surface area (Å²) < 4.78 is 2.12. The summed E-state index contributed by atoms with van der Waals surface area (Å²) in [5.41, 5.74) is 8.87. The van der Waals surface area contributed by atoms with E-state index in [4.69, 9.17) is 28.9 Å². The number of fused-ring (bicyclic) bond motifs is 3.